The standard InChI is InChI=1S/C28H34F2N2O2/c1-34-22-9-10-26-23(18-22)27(25(30)19-31-26)24(29)11-12-28(20-33)13-16-32(17-14-28)15-5-8-21-6-3-2-4-7-21/h2-4,6-7,9-10,18-19,24,33H,5,8,11-17,20H2,1H3. The summed E-state index contributed by atoms with van der Waals surface area (Å²) in [5.74, 6) is -0.0978. The third-order valence-corrected chi connectivity index (χ3v) is 7.34. The van der Waals surface area contributed by atoms with E-state index in [2.05, 4.69) is 34.1 Å². The van der Waals surface area contributed by atoms with Crippen LogP contribution in [0.2, 0.25) is 0 Å². The molecule has 0 amide bonds. The maximum Gasteiger partial charge on any atom is 0.148 e. The van der Waals surface area contributed by atoms with Crippen molar-refractivity contribution < 1.29 is 18.6 Å². The van der Waals surface area contributed by atoms with Gasteiger partial charge in [0.2, 0.25) is 0 Å². The molecule has 2 aromatic carbocycles. The van der Waals surface area contributed by atoms with Crippen LogP contribution in [0.15, 0.2) is 54.7 Å². The predicted octanol–water partition coefficient (Wildman–Crippen LogP) is 5.88. The number of alkyl halides is 1. The Morgan fingerprint density at radius 2 is 1.91 bits per heavy atom. The first kappa shape index (κ1) is 24.6. The first-order valence-corrected chi connectivity index (χ1v) is 12.2. The van der Waals surface area contributed by atoms with Crippen LogP contribution in [0.25, 0.3) is 10.9 Å². The maximum absolute atomic E-state index is 15.4. The van der Waals surface area contributed by atoms with Crippen molar-refractivity contribution in [3.05, 3.63) is 71.7 Å². The number of rotatable bonds is 10. The van der Waals surface area contributed by atoms with E-state index in [1.807, 2.05) is 6.07 Å². The Kier molecular flexibility index (Phi) is 8.11. The summed E-state index contributed by atoms with van der Waals surface area (Å²) in [6, 6.07) is 15.6. The molecule has 1 saturated heterocycles. The fourth-order valence-electron chi connectivity index (χ4n) is 5.08. The highest BCUT2D eigenvalue weighted by Crippen LogP contribution is 2.40. The molecular weight excluding hydrogens is 434 g/mol. The number of halogens is 2. The Bertz CT molecular complexity index is 1070. The van der Waals surface area contributed by atoms with Gasteiger partial charge in [0.25, 0.3) is 0 Å². The number of fused-ring (bicyclic) bond motifs is 1. The molecule has 3 aromatic rings. The van der Waals surface area contributed by atoms with Gasteiger partial charge in [-0.25, -0.2) is 8.78 Å². The number of likely N-dealkylation sites (tertiary alicyclic amines) is 1. The Hall–Kier alpha value is -2.57. The molecule has 1 aliphatic rings. The van der Waals surface area contributed by atoms with Crippen LogP contribution in [-0.2, 0) is 6.42 Å². The predicted molar refractivity (Wildman–Crippen MR) is 131 cm³/mol. The number of aliphatic hydroxyl groups excluding tert-OH is 1. The lowest BCUT2D eigenvalue weighted by atomic mass is 9.74. The van der Waals surface area contributed by atoms with Crippen molar-refractivity contribution in [2.45, 2.75) is 44.7 Å². The van der Waals surface area contributed by atoms with Crippen molar-refractivity contribution in [3.8, 4) is 5.75 Å². The van der Waals surface area contributed by atoms with Gasteiger partial charge in [0.15, 0.2) is 0 Å². The number of hydrogen-bond acceptors (Lipinski definition) is 4. The number of piperidine rings is 1. The van der Waals surface area contributed by atoms with Gasteiger partial charge >= 0.3 is 0 Å². The van der Waals surface area contributed by atoms with E-state index >= 15 is 4.39 Å². The Balaban J connectivity index is 1.34. The molecule has 1 aliphatic heterocycles. The van der Waals surface area contributed by atoms with Gasteiger partial charge in [-0.2, -0.15) is 0 Å². The van der Waals surface area contributed by atoms with Crippen LogP contribution in [0.5, 0.6) is 5.75 Å². The average Bonchev–Trinajstić information content (AvgIpc) is 2.88. The Labute approximate surface area is 200 Å². The topological polar surface area (TPSA) is 45.6 Å². The molecular formula is C28H34F2N2O2. The highest BCUT2D eigenvalue weighted by molar-refractivity contribution is 5.84. The number of nitrogens with zero attached hydrogens (tertiary/aromatic N) is 2. The van der Waals surface area contributed by atoms with E-state index in [9.17, 15) is 9.50 Å². The number of aromatic nitrogens is 1. The minimum absolute atomic E-state index is 0.0327. The molecule has 0 radical (unpaired) electrons. The molecule has 182 valence electrons. The average molecular weight is 469 g/mol. The molecule has 0 aliphatic carbocycles. The first-order chi connectivity index (χ1) is 16.5. The van der Waals surface area contributed by atoms with Crippen LogP contribution >= 0.6 is 0 Å². The molecule has 0 saturated carbocycles. The highest BCUT2D eigenvalue weighted by Gasteiger charge is 2.35. The number of hydrogen-bond donors (Lipinski definition) is 1. The monoisotopic (exact) mass is 468 g/mol. The summed E-state index contributed by atoms with van der Waals surface area (Å²) < 4.78 is 35.3. The molecule has 1 atom stereocenters. The number of aryl methyl sites for hydroxylation is 1. The zero-order valence-corrected chi connectivity index (χ0v) is 19.9. The third-order valence-electron chi connectivity index (χ3n) is 7.34. The lowest BCUT2D eigenvalue weighted by Gasteiger charge is -2.41. The molecule has 2 heterocycles. The fourth-order valence-corrected chi connectivity index (χ4v) is 5.08. The van der Waals surface area contributed by atoms with Crippen LogP contribution in [-0.4, -0.2) is 48.3 Å². The van der Waals surface area contributed by atoms with Crippen molar-refractivity contribution in [1.82, 2.24) is 9.88 Å². The van der Waals surface area contributed by atoms with Crippen LogP contribution in [0, 0.1) is 11.2 Å². The van der Waals surface area contributed by atoms with Crippen LogP contribution in [0.3, 0.4) is 0 Å². The van der Waals surface area contributed by atoms with Gasteiger partial charge in [-0.15, -0.1) is 0 Å². The van der Waals surface area contributed by atoms with E-state index < -0.39 is 12.0 Å². The van der Waals surface area contributed by atoms with E-state index in [1.165, 1.54) is 12.7 Å². The molecule has 4 nitrogen and oxygen atoms in total. The van der Waals surface area contributed by atoms with Gasteiger partial charge in [0, 0.05) is 17.6 Å². The smallest absolute Gasteiger partial charge is 0.148 e. The van der Waals surface area contributed by atoms with E-state index in [1.54, 1.807) is 18.2 Å². The summed E-state index contributed by atoms with van der Waals surface area (Å²) in [6.45, 7) is 2.86. The molecule has 0 bridgehead atoms. The molecule has 0 spiro atoms. The largest absolute Gasteiger partial charge is 0.497 e. The molecule has 4 rings (SSSR count). The highest BCUT2D eigenvalue weighted by atomic mass is 19.1. The van der Waals surface area contributed by atoms with Crippen molar-refractivity contribution >= 4 is 10.9 Å². The lowest BCUT2D eigenvalue weighted by molar-refractivity contribution is 0.0299. The van der Waals surface area contributed by atoms with Gasteiger partial charge in [-0.05, 0) is 87.3 Å². The van der Waals surface area contributed by atoms with E-state index in [0.717, 1.165) is 51.5 Å². The van der Waals surface area contributed by atoms with Crippen LogP contribution in [0.1, 0.15) is 49.4 Å². The molecule has 1 unspecified atom stereocenters. The molecule has 1 N–H and O–H groups in total. The zero-order chi connectivity index (χ0) is 24.0. The van der Waals surface area contributed by atoms with E-state index in [0.29, 0.717) is 23.1 Å². The summed E-state index contributed by atoms with van der Waals surface area (Å²) in [5, 5.41) is 10.6. The van der Waals surface area contributed by atoms with Gasteiger partial charge < -0.3 is 14.7 Å². The normalized spacial score (nSPS) is 17.1. The molecule has 6 heteroatoms. The number of pyridine rings is 1. The molecule has 1 aromatic heterocycles. The number of benzene rings is 2. The van der Waals surface area contributed by atoms with Crippen molar-refractivity contribution in [2.24, 2.45) is 5.41 Å². The fraction of sp³-hybridized carbons (Fsp3) is 0.464. The Morgan fingerprint density at radius 3 is 2.62 bits per heavy atom. The summed E-state index contributed by atoms with van der Waals surface area (Å²) in [7, 11) is 1.53. The second-order valence-corrected chi connectivity index (χ2v) is 9.50. The minimum atomic E-state index is -1.47. The van der Waals surface area contributed by atoms with Crippen molar-refractivity contribution in [1.29, 1.82) is 0 Å². The van der Waals surface area contributed by atoms with Gasteiger partial charge in [-0.3, -0.25) is 4.98 Å². The number of methoxy groups -OCH3 is 1. The number of ether oxygens (including phenoxy) is 1. The third kappa shape index (κ3) is 5.73. The summed E-state index contributed by atoms with van der Waals surface area (Å²) in [6.07, 6.45) is 4.13. The minimum Gasteiger partial charge on any atom is -0.497 e. The summed E-state index contributed by atoms with van der Waals surface area (Å²) in [5.41, 5.74) is 1.62. The summed E-state index contributed by atoms with van der Waals surface area (Å²) >= 11 is 0. The number of aliphatic hydroxyl groups is 1. The van der Waals surface area contributed by atoms with Crippen LogP contribution in [0.4, 0.5) is 8.78 Å². The zero-order valence-electron chi connectivity index (χ0n) is 19.9. The van der Waals surface area contributed by atoms with Crippen molar-refractivity contribution in [3.63, 3.8) is 0 Å². The van der Waals surface area contributed by atoms with E-state index in [4.69, 9.17) is 4.74 Å². The SMILES string of the molecule is COc1ccc2ncc(F)c(C(F)CCC3(CO)CCN(CCCc4ccccc4)CC3)c2c1. The summed E-state index contributed by atoms with van der Waals surface area (Å²) in [4.78, 5) is 6.52. The van der Waals surface area contributed by atoms with E-state index in [-0.39, 0.29) is 24.0 Å². The van der Waals surface area contributed by atoms with Gasteiger partial charge in [0.1, 0.15) is 17.7 Å². The first-order valence-electron chi connectivity index (χ1n) is 12.2. The second kappa shape index (κ2) is 11.2. The Morgan fingerprint density at radius 1 is 1.15 bits per heavy atom. The molecule has 34 heavy (non-hydrogen) atoms. The maximum atomic E-state index is 15.4. The lowest BCUT2D eigenvalue weighted by Crippen LogP contribution is -2.42. The van der Waals surface area contributed by atoms with Gasteiger partial charge in [-0.1, -0.05) is 30.3 Å². The second-order valence-electron chi connectivity index (χ2n) is 9.50. The van der Waals surface area contributed by atoms with Crippen LogP contribution < -0.4 is 4.74 Å². The van der Waals surface area contributed by atoms with Crippen molar-refractivity contribution in [2.75, 3.05) is 33.4 Å². The van der Waals surface area contributed by atoms with Gasteiger partial charge in [0.05, 0.1) is 18.8 Å². The molecule has 1 fully saturated rings. The quantitative estimate of drug-likeness (QED) is 0.404.